The summed E-state index contributed by atoms with van der Waals surface area (Å²) in [5.74, 6) is 1.61. The van der Waals surface area contributed by atoms with Crippen LogP contribution < -0.4 is 5.43 Å². The number of hydrogen-bond donors (Lipinski definition) is 1. The van der Waals surface area contributed by atoms with Crippen molar-refractivity contribution < 1.29 is 9.21 Å². The third-order valence-electron chi connectivity index (χ3n) is 4.55. The number of benzene rings is 3. The molecule has 32 heavy (non-hydrogen) atoms. The minimum atomic E-state index is -0.295. The van der Waals surface area contributed by atoms with Crippen molar-refractivity contribution >= 4 is 47.1 Å². The fourth-order valence-corrected chi connectivity index (χ4v) is 4.29. The second-order valence-electron chi connectivity index (χ2n) is 6.82. The van der Waals surface area contributed by atoms with Crippen molar-refractivity contribution in [2.45, 2.75) is 10.6 Å². The van der Waals surface area contributed by atoms with Crippen molar-refractivity contribution in [2.24, 2.45) is 5.10 Å². The molecule has 0 saturated carbocycles. The molecule has 3 aromatic carbocycles. The van der Waals surface area contributed by atoms with Crippen LogP contribution in [0.1, 0.15) is 21.7 Å². The molecule has 0 bridgehead atoms. The fourth-order valence-electron chi connectivity index (χ4n) is 2.91. The van der Waals surface area contributed by atoms with Gasteiger partial charge in [-0.3, -0.25) is 4.79 Å². The second kappa shape index (κ2) is 10.6. The first-order chi connectivity index (χ1) is 15.6. The van der Waals surface area contributed by atoms with Gasteiger partial charge < -0.3 is 4.42 Å². The number of thioether (sulfide) groups is 1. The zero-order valence-electron chi connectivity index (χ0n) is 16.8. The summed E-state index contributed by atoms with van der Waals surface area (Å²) in [6.07, 6.45) is 1.44. The maximum Gasteiger partial charge on any atom is 0.271 e. The van der Waals surface area contributed by atoms with Crippen LogP contribution in [0.25, 0.3) is 11.3 Å². The van der Waals surface area contributed by atoms with Crippen LogP contribution in [0, 0.1) is 0 Å². The van der Waals surface area contributed by atoms with E-state index in [1.54, 1.807) is 54.2 Å². The molecule has 0 unspecified atom stereocenters. The molecular formula is C25H18Cl2N2O2S. The zero-order chi connectivity index (χ0) is 22.3. The summed E-state index contributed by atoms with van der Waals surface area (Å²) in [6, 6.07) is 26.4. The van der Waals surface area contributed by atoms with E-state index in [-0.39, 0.29) is 5.91 Å². The molecule has 4 nitrogen and oxygen atoms in total. The lowest BCUT2D eigenvalue weighted by Gasteiger charge is -2.04. The van der Waals surface area contributed by atoms with Crippen LogP contribution in [0.5, 0.6) is 0 Å². The third-order valence-corrected chi connectivity index (χ3v) is 6.18. The van der Waals surface area contributed by atoms with Crippen LogP contribution in [0.3, 0.4) is 0 Å². The minimum absolute atomic E-state index is 0.295. The lowest BCUT2D eigenvalue weighted by atomic mass is 10.1. The molecule has 4 aromatic rings. The van der Waals surface area contributed by atoms with Crippen molar-refractivity contribution in [3.8, 4) is 11.3 Å². The van der Waals surface area contributed by atoms with Gasteiger partial charge in [0, 0.05) is 26.8 Å². The number of nitrogens with one attached hydrogen (secondary N) is 1. The minimum Gasteiger partial charge on any atom is -0.455 e. The van der Waals surface area contributed by atoms with Crippen LogP contribution in [0.15, 0.2) is 99.3 Å². The standard InChI is InChI=1S/C25H18Cl2N2O2S/c26-19-10-12-22(23(27)14-19)24-13-11-20(31-24)15-28-29-25(30)18-8-6-17(7-9-18)16-32-21-4-2-1-3-5-21/h1-15H,16H2,(H,29,30)/b28-15-. The van der Waals surface area contributed by atoms with Crippen molar-refractivity contribution in [1.29, 1.82) is 0 Å². The highest BCUT2D eigenvalue weighted by atomic mass is 35.5. The van der Waals surface area contributed by atoms with Gasteiger partial charge >= 0.3 is 0 Å². The molecule has 0 saturated heterocycles. The maximum absolute atomic E-state index is 12.3. The first-order valence-electron chi connectivity index (χ1n) is 9.74. The Morgan fingerprint density at radius 3 is 2.50 bits per heavy atom. The summed E-state index contributed by atoms with van der Waals surface area (Å²) in [7, 11) is 0. The summed E-state index contributed by atoms with van der Waals surface area (Å²) in [6.45, 7) is 0. The Labute approximate surface area is 200 Å². The lowest BCUT2D eigenvalue weighted by Crippen LogP contribution is -2.17. The number of amides is 1. The van der Waals surface area contributed by atoms with Crippen LogP contribution in [-0.2, 0) is 5.75 Å². The second-order valence-corrected chi connectivity index (χ2v) is 8.72. The van der Waals surface area contributed by atoms with Gasteiger partial charge in [0.05, 0.1) is 11.2 Å². The topological polar surface area (TPSA) is 54.6 Å². The number of nitrogens with zero attached hydrogens (tertiary/aromatic N) is 1. The van der Waals surface area contributed by atoms with Gasteiger partial charge in [-0.2, -0.15) is 5.10 Å². The molecule has 0 fully saturated rings. The Morgan fingerprint density at radius 1 is 0.969 bits per heavy atom. The summed E-state index contributed by atoms with van der Waals surface area (Å²) < 4.78 is 5.73. The van der Waals surface area contributed by atoms with Gasteiger partial charge in [-0.05, 0) is 60.2 Å². The van der Waals surface area contributed by atoms with E-state index in [9.17, 15) is 4.79 Å². The van der Waals surface area contributed by atoms with E-state index in [1.807, 2.05) is 30.3 Å². The fraction of sp³-hybridized carbons (Fsp3) is 0.0400. The highest BCUT2D eigenvalue weighted by Gasteiger charge is 2.09. The predicted molar refractivity (Wildman–Crippen MR) is 132 cm³/mol. The van der Waals surface area contributed by atoms with Gasteiger partial charge in [-0.1, -0.05) is 53.5 Å². The Kier molecular flexibility index (Phi) is 7.32. The zero-order valence-corrected chi connectivity index (χ0v) is 19.1. The highest BCUT2D eigenvalue weighted by Crippen LogP contribution is 2.31. The first-order valence-corrected chi connectivity index (χ1v) is 11.5. The smallest absolute Gasteiger partial charge is 0.271 e. The number of hydrazone groups is 1. The van der Waals surface area contributed by atoms with E-state index in [4.69, 9.17) is 27.6 Å². The maximum atomic E-state index is 12.3. The van der Waals surface area contributed by atoms with Crippen LogP contribution >= 0.6 is 35.0 Å². The summed E-state index contributed by atoms with van der Waals surface area (Å²) in [5.41, 5.74) is 4.91. The quantitative estimate of drug-likeness (QED) is 0.171. The number of halogens is 2. The van der Waals surface area contributed by atoms with E-state index in [0.29, 0.717) is 27.1 Å². The SMILES string of the molecule is O=C(N/N=C\c1ccc(-c2ccc(Cl)cc2Cl)o1)c1ccc(CSc2ccccc2)cc1. The molecule has 0 aliphatic heterocycles. The first kappa shape index (κ1) is 22.2. The summed E-state index contributed by atoms with van der Waals surface area (Å²) >= 11 is 13.9. The Morgan fingerprint density at radius 2 is 1.75 bits per heavy atom. The van der Waals surface area contributed by atoms with Gasteiger partial charge in [0.15, 0.2) is 0 Å². The van der Waals surface area contributed by atoms with Crippen molar-refractivity contribution in [1.82, 2.24) is 5.43 Å². The van der Waals surface area contributed by atoms with Crippen molar-refractivity contribution in [2.75, 3.05) is 0 Å². The van der Waals surface area contributed by atoms with Crippen LogP contribution in [-0.4, -0.2) is 12.1 Å². The number of furan rings is 1. The largest absolute Gasteiger partial charge is 0.455 e. The molecule has 0 radical (unpaired) electrons. The van der Waals surface area contributed by atoms with Gasteiger partial charge in [0.1, 0.15) is 11.5 Å². The lowest BCUT2D eigenvalue weighted by molar-refractivity contribution is 0.0955. The molecule has 4 rings (SSSR count). The van der Waals surface area contributed by atoms with E-state index in [2.05, 4.69) is 22.7 Å². The Bertz CT molecular complexity index is 1240. The van der Waals surface area contributed by atoms with Gasteiger partial charge in [0.25, 0.3) is 5.91 Å². The molecule has 0 aliphatic carbocycles. The molecule has 1 N–H and O–H groups in total. The molecule has 1 aromatic heterocycles. The number of rotatable bonds is 7. The van der Waals surface area contributed by atoms with E-state index in [0.717, 1.165) is 16.9 Å². The molecule has 0 spiro atoms. The van der Waals surface area contributed by atoms with Crippen LogP contribution in [0.2, 0.25) is 10.0 Å². The molecule has 0 atom stereocenters. The molecular weight excluding hydrogens is 463 g/mol. The average molecular weight is 481 g/mol. The van der Waals surface area contributed by atoms with Crippen molar-refractivity contribution in [3.05, 3.63) is 112 Å². The predicted octanol–water partition coefficient (Wildman–Crippen LogP) is 7.31. The number of carbonyl (C=O) groups excluding carboxylic acids is 1. The van der Waals surface area contributed by atoms with Gasteiger partial charge in [0.2, 0.25) is 0 Å². The van der Waals surface area contributed by atoms with Crippen molar-refractivity contribution in [3.63, 3.8) is 0 Å². The monoisotopic (exact) mass is 480 g/mol. The molecule has 7 heteroatoms. The highest BCUT2D eigenvalue weighted by molar-refractivity contribution is 7.98. The summed E-state index contributed by atoms with van der Waals surface area (Å²) in [5, 5.41) is 5.03. The average Bonchev–Trinajstić information content (AvgIpc) is 3.27. The molecule has 0 aliphatic rings. The van der Waals surface area contributed by atoms with E-state index in [1.165, 1.54) is 11.1 Å². The number of hydrogen-bond acceptors (Lipinski definition) is 4. The van der Waals surface area contributed by atoms with E-state index >= 15 is 0 Å². The normalized spacial score (nSPS) is 11.1. The van der Waals surface area contributed by atoms with Gasteiger partial charge in [-0.25, -0.2) is 5.43 Å². The molecule has 160 valence electrons. The van der Waals surface area contributed by atoms with Crippen LogP contribution in [0.4, 0.5) is 0 Å². The third kappa shape index (κ3) is 5.82. The number of carbonyl (C=O) groups is 1. The Balaban J connectivity index is 1.32. The van der Waals surface area contributed by atoms with Gasteiger partial charge in [-0.15, -0.1) is 11.8 Å². The summed E-state index contributed by atoms with van der Waals surface area (Å²) in [4.78, 5) is 13.5. The van der Waals surface area contributed by atoms with E-state index < -0.39 is 0 Å². The molecule has 1 amide bonds. The molecule has 1 heterocycles. The Hall–Kier alpha value is -2.99.